The first-order chi connectivity index (χ1) is 9.60. The lowest BCUT2D eigenvalue weighted by molar-refractivity contribution is 0.545. The molecule has 0 bridgehead atoms. The Kier molecular flexibility index (Phi) is 5.32. The number of aryl methyl sites for hydroxylation is 1. The van der Waals surface area contributed by atoms with E-state index in [0.717, 1.165) is 23.0 Å². The average molecular weight is 336 g/mol. The van der Waals surface area contributed by atoms with E-state index in [2.05, 4.69) is 59.4 Å². The van der Waals surface area contributed by atoms with Crippen LogP contribution in [0, 0.1) is 12.7 Å². The van der Waals surface area contributed by atoms with Crippen molar-refractivity contribution in [1.82, 2.24) is 5.32 Å². The predicted octanol–water partition coefficient (Wildman–Crippen LogP) is 4.79. The third-order valence-electron chi connectivity index (χ3n) is 3.31. The highest BCUT2D eigenvalue weighted by Crippen LogP contribution is 2.27. The lowest BCUT2D eigenvalue weighted by Gasteiger charge is -2.20. The molecule has 0 aliphatic heterocycles. The number of halogens is 2. The molecule has 3 heteroatoms. The van der Waals surface area contributed by atoms with E-state index in [1.165, 1.54) is 23.3 Å². The minimum Gasteiger partial charge on any atom is -0.310 e. The molecule has 0 saturated carbocycles. The zero-order chi connectivity index (χ0) is 14.5. The fourth-order valence-electron chi connectivity index (χ4n) is 2.40. The van der Waals surface area contributed by atoms with Crippen molar-refractivity contribution in [3.63, 3.8) is 0 Å². The quantitative estimate of drug-likeness (QED) is 0.828. The predicted molar refractivity (Wildman–Crippen MR) is 85.4 cm³/mol. The van der Waals surface area contributed by atoms with Crippen molar-refractivity contribution in [2.45, 2.75) is 26.3 Å². The van der Waals surface area contributed by atoms with Gasteiger partial charge in [0.05, 0.1) is 0 Å². The first kappa shape index (κ1) is 15.2. The van der Waals surface area contributed by atoms with Crippen LogP contribution in [0.25, 0.3) is 0 Å². The summed E-state index contributed by atoms with van der Waals surface area (Å²) in [7, 11) is 0. The second-order valence-corrected chi connectivity index (χ2v) is 5.82. The van der Waals surface area contributed by atoms with Gasteiger partial charge in [-0.1, -0.05) is 58.7 Å². The van der Waals surface area contributed by atoms with Crippen LogP contribution in [0.15, 0.2) is 46.9 Å². The summed E-state index contributed by atoms with van der Waals surface area (Å²) in [5.41, 5.74) is 3.64. The molecule has 0 amide bonds. The summed E-state index contributed by atoms with van der Waals surface area (Å²) in [6.07, 6.45) is 0.889. The van der Waals surface area contributed by atoms with Gasteiger partial charge in [-0.25, -0.2) is 4.39 Å². The number of likely N-dealkylation sites (N-methyl/N-ethyl adjacent to an activating group) is 1. The SMILES string of the molecule is CCNC(Cc1cccc(C)c1)c1ccc(F)cc1Br. The van der Waals surface area contributed by atoms with E-state index in [1.54, 1.807) is 0 Å². The van der Waals surface area contributed by atoms with Crippen LogP contribution in [0.1, 0.15) is 29.7 Å². The summed E-state index contributed by atoms with van der Waals surface area (Å²) < 4.78 is 14.0. The highest BCUT2D eigenvalue weighted by molar-refractivity contribution is 9.10. The first-order valence-electron chi connectivity index (χ1n) is 6.84. The van der Waals surface area contributed by atoms with Crippen LogP contribution in [-0.4, -0.2) is 6.54 Å². The topological polar surface area (TPSA) is 12.0 Å². The summed E-state index contributed by atoms with van der Waals surface area (Å²) in [6, 6.07) is 13.6. The summed E-state index contributed by atoms with van der Waals surface area (Å²) in [4.78, 5) is 0. The Morgan fingerprint density at radius 1 is 1.20 bits per heavy atom. The monoisotopic (exact) mass is 335 g/mol. The maximum absolute atomic E-state index is 13.2. The van der Waals surface area contributed by atoms with Crippen LogP contribution in [0.3, 0.4) is 0 Å². The van der Waals surface area contributed by atoms with Crippen molar-refractivity contribution < 1.29 is 4.39 Å². The summed E-state index contributed by atoms with van der Waals surface area (Å²) in [5, 5.41) is 3.47. The highest BCUT2D eigenvalue weighted by atomic mass is 79.9. The maximum atomic E-state index is 13.2. The van der Waals surface area contributed by atoms with Gasteiger partial charge in [-0.05, 0) is 43.1 Å². The molecule has 2 aromatic rings. The van der Waals surface area contributed by atoms with E-state index in [9.17, 15) is 4.39 Å². The van der Waals surface area contributed by atoms with E-state index in [4.69, 9.17) is 0 Å². The van der Waals surface area contributed by atoms with E-state index in [-0.39, 0.29) is 11.9 Å². The van der Waals surface area contributed by atoms with Gasteiger partial charge in [-0.15, -0.1) is 0 Å². The molecule has 1 nitrogen and oxygen atoms in total. The zero-order valence-corrected chi connectivity index (χ0v) is 13.4. The third-order valence-corrected chi connectivity index (χ3v) is 4.00. The van der Waals surface area contributed by atoms with Crippen LogP contribution < -0.4 is 5.32 Å². The van der Waals surface area contributed by atoms with E-state index >= 15 is 0 Å². The third kappa shape index (κ3) is 3.90. The van der Waals surface area contributed by atoms with Crippen LogP contribution in [-0.2, 0) is 6.42 Å². The van der Waals surface area contributed by atoms with Crippen molar-refractivity contribution in [3.05, 3.63) is 69.4 Å². The van der Waals surface area contributed by atoms with Gasteiger partial charge in [-0.2, -0.15) is 0 Å². The van der Waals surface area contributed by atoms with Crippen molar-refractivity contribution in [3.8, 4) is 0 Å². The molecule has 0 fully saturated rings. The molecule has 1 atom stereocenters. The Balaban J connectivity index is 2.26. The van der Waals surface area contributed by atoms with Crippen molar-refractivity contribution in [1.29, 1.82) is 0 Å². The zero-order valence-electron chi connectivity index (χ0n) is 11.8. The molecule has 0 spiro atoms. The largest absolute Gasteiger partial charge is 0.310 e. The molecular formula is C17H19BrFN. The molecule has 0 saturated heterocycles. The fourth-order valence-corrected chi connectivity index (χ4v) is 3.02. The second kappa shape index (κ2) is 7.00. The fraction of sp³-hybridized carbons (Fsp3) is 0.294. The summed E-state index contributed by atoms with van der Waals surface area (Å²) >= 11 is 3.47. The Hall–Kier alpha value is -1.19. The number of benzene rings is 2. The van der Waals surface area contributed by atoms with Gasteiger partial charge in [0.1, 0.15) is 5.82 Å². The molecule has 0 aliphatic rings. The van der Waals surface area contributed by atoms with Gasteiger partial charge in [0.15, 0.2) is 0 Å². The lowest BCUT2D eigenvalue weighted by atomic mass is 9.98. The summed E-state index contributed by atoms with van der Waals surface area (Å²) in [5.74, 6) is -0.216. The van der Waals surface area contributed by atoms with E-state index < -0.39 is 0 Å². The van der Waals surface area contributed by atoms with Gasteiger partial charge in [0, 0.05) is 10.5 Å². The molecule has 2 rings (SSSR count). The minimum absolute atomic E-state index is 0.178. The van der Waals surface area contributed by atoms with Gasteiger partial charge in [-0.3, -0.25) is 0 Å². The van der Waals surface area contributed by atoms with Gasteiger partial charge >= 0.3 is 0 Å². The van der Waals surface area contributed by atoms with Crippen LogP contribution in [0.2, 0.25) is 0 Å². The molecule has 0 heterocycles. The van der Waals surface area contributed by atoms with Crippen LogP contribution in [0.5, 0.6) is 0 Å². The summed E-state index contributed by atoms with van der Waals surface area (Å²) in [6.45, 7) is 5.06. The number of hydrogen-bond acceptors (Lipinski definition) is 1. The van der Waals surface area contributed by atoms with E-state index in [0.29, 0.717) is 0 Å². The van der Waals surface area contributed by atoms with E-state index in [1.807, 2.05) is 6.07 Å². The molecule has 1 N–H and O–H groups in total. The van der Waals surface area contributed by atoms with Gasteiger partial charge in [0.2, 0.25) is 0 Å². The number of nitrogens with one attached hydrogen (secondary N) is 1. The Morgan fingerprint density at radius 2 is 2.00 bits per heavy atom. The Bertz CT molecular complexity index is 583. The minimum atomic E-state index is -0.216. The highest BCUT2D eigenvalue weighted by Gasteiger charge is 2.14. The smallest absolute Gasteiger partial charge is 0.124 e. The molecule has 0 aromatic heterocycles. The number of hydrogen-bond donors (Lipinski definition) is 1. The average Bonchev–Trinajstić information content (AvgIpc) is 2.38. The lowest BCUT2D eigenvalue weighted by Crippen LogP contribution is -2.23. The molecule has 0 radical (unpaired) electrons. The maximum Gasteiger partial charge on any atom is 0.124 e. The van der Waals surface area contributed by atoms with Crippen LogP contribution >= 0.6 is 15.9 Å². The Labute approximate surface area is 128 Å². The second-order valence-electron chi connectivity index (χ2n) is 4.97. The molecule has 106 valence electrons. The van der Waals surface area contributed by atoms with Gasteiger partial charge < -0.3 is 5.32 Å². The Morgan fingerprint density at radius 3 is 2.65 bits per heavy atom. The van der Waals surface area contributed by atoms with Crippen molar-refractivity contribution in [2.24, 2.45) is 0 Å². The normalized spacial score (nSPS) is 12.4. The van der Waals surface area contributed by atoms with Crippen molar-refractivity contribution in [2.75, 3.05) is 6.54 Å². The molecule has 20 heavy (non-hydrogen) atoms. The standard InChI is InChI=1S/C17H19BrFN/c1-3-20-17(10-13-6-4-5-12(2)9-13)15-8-7-14(19)11-16(15)18/h4-9,11,17,20H,3,10H2,1-2H3. The van der Waals surface area contributed by atoms with Gasteiger partial charge in [0.25, 0.3) is 0 Å². The molecule has 1 unspecified atom stereocenters. The first-order valence-corrected chi connectivity index (χ1v) is 7.63. The molecule has 2 aromatic carbocycles. The van der Waals surface area contributed by atoms with Crippen molar-refractivity contribution >= 4 is 15.9 Å². The number of rotatable bonds is 5. The van der Waals surface area contributed by atoms with Crippen LogP contribution in [0.4, 0.5) is 4.39 Å². The molecule has 0 aliphatic carbocycles. The molecular weight excluding hydrogens is 317 g/mol.